The van der Waals surface area contributed by atoms with Gasteiger partial charge in [-0.2, -0.15) is 4.31 Å². The number of aromatic nitrogens is 1. The minimum atomic E-state index is -3.71. The topological polar surface area (TPSA) is 89.0 Å². The molecule has 0 saturated carbocycles. The van der Waals surface area contributed by atoms with Gasteiger partial charge < -0.3 is 14.4 Å². The summed E-state index contributed by atoms with van der Waals surface area (Å²) in [7, 11) is -3.71. The Morgan fingerprint density at radius 1 is 1.13 bits per heavy atom. The van der Waals surface area contributed by atoms with Gasteiger partial charge in [-0.1, -0.05) is 30.3 Å². The van der Waals surface area contributed by atoms with Crippen LogP contribution in [0.5, 0.6) is 5.75 Å². The number of pyridine rings is 1. The second kappa shape index (κ2) is 9.11. The number of rotatable bonds is 6. The first-order valence-corrected chi connectivity index (χ1v) is 11.6. The van der Waals surface area contributed by atoms with Crippen molar-refractivity contribution in [2.24, 2.45) is 0 Å². The number of carbonyl (C=O) groups is 1. The van der Waals surface area contributed by atoms with E-state index in [-0.39, 0.29) is 18.2 Å². The molecule has 0 bridgehead atoms. The highest BCUT2D eigenvalue weighted by Gasteiger charge is 2.45. The highest BCUT2D eigenvalue weighted by Crippen LogP contribution is 2.28. The van der Waals surface area contributed by atoms with Crippen LogP contribution in [0.25, 0.3) is 0 Å². The summed E-state index contributed by atoms with van der Waals surface area (Å²) in [6.45, 7) is 1.99. The number of hydrogen-bond acceptors (Lipinski definition) is 6. The molecule has 4 rings (SSSR count). The average Bonchev–Trinajstić information content (AvgIpc) is 3.20. The van der Waals surface area contributed by atoms with Crippen LogP contribution in [0.15, 0.2) is 54.9 Å². The molecule has 0 N–H and O–H groups in total. The normalized spacial score (nSPS) is 22.7. The van der Waals surface area contributed by atoms with Gasteiger partial charge in [-0.3, -0.25) is 9.78 Å². The van der Waals surface area contributed by atoms with Gasteiger partial charge in [-0.25, -0.2) is 8.42 Å². The number of hydrogen-bond donors (Lipinski definition) is 0. The lowest BCUT2D eigenvalue weighted by Gasteiger charge is -2.32. The Kier molecular flexibility index (Phi) is 6.31. The number of sulfonamides is 1. The third-order valence-corrected chi connectivity index (χ3v) is 7.13. The van der Waals surface area contributed by atoms with Crippen LogP contribution in [0.1, 0.15) is 12.0 Å². The summed E-state index contributed by atoms with van der Waals surface area (Å²) in [5, 5.41) is 0. The summed E-state index contributed by atoms with van der Waals surface area (Å²) in [5.74, 6) is 0.218. The molecule has 8 nitrogen and oxygen atoms in total. The summed E-state index contributed by atoms with van der Waals surface area (Å²) < 4.78 is 39.1. The molecule has 2 aromatic rings. The monoisotopic (exact) mass is 431 g/mol. The molecule has 0 spiro atoms. The van der Waals surface area contributed by atoms with Crippen molar-refractivity contribution in [2.45, 2.75) is 24.3 Å². The SMILES string of the molecule is O=C([C@@H]1C[C@H](Oc2cccnc2)CN1S(=O)(=O)Cc1ccccc1)N1CCOCC1. The molecule has 160 valence electrons. The van der Waals surface area contributed by atoms with Crippen LogP contribution < -0.4 is 4.74 Å². The van der Waals surface area contributed by atoms with Crippen molar-refractivity contribution in [1.29, 1.82) is 0 Å². The van der Waals surface area contributed by atoms with Crippen LogP contribution in [-0.4, -0.2) is 73.5 Å². The van der Waals surface area contributed by atoms with Crippen LogP contribution in [0, 0.1) is 0 Å². The maximum absolute atomic E-state index is 13.3. The minimum Gasteiger partial charge on any atom is -0.487 e. The number of nitrogens with zero attached hydrogens (tertiary/aromatic N) is 3. The van der Waals surface area contributed by atoms with Gasteiger partial charge >= 0.3 is 0 Å². The van der Waals surface area contributed by atoms with Crippen molar-refractivity contribution in [2.75, 3.05) is 32.8 Å². The summed E-state index contributed by atoms with van der Waals surface area (Å²) in [4.78, 5) is 18.9. The van der Waals surface area contributed by atoms with E-state index >= 15 is 0 Å². The van der Waals surface area contributed by atoms with Gasteiger partial charge in [0, 0.05) is 25.7 Å². The van der Waals surface area contributed by atoms with Crippen molar-refractivity contribution in [1.82, 2.24) is 14.2 Å². The van der Waals surface area contributed by atoms with Crippen molar-refractivity contribution in [3.05, 3.63) is 60.4 Å². The zero-order valence-electron chi connectivity index (χ0n) is 16.6. The van der Waals surface area contributed by atoms with E-state index in [1.165, 1.54) is 4.31 Å². The number of morpholine rings is 1. The number of carbonyl (C=O) groups excluding carboxylic acids is 1. The first kappa shape index (κ1) is 20.8. The molecule has 0 aliphatic carbocycles. The lowest BCUT2D eigenvalue weighted by Crippen LogP contribution is -2.51. The quantitative estimate of drug-likeness (QED) is 0.685. The van der Waals surface area contributed by atoms with E-state index in [4.69, 9.17) is 9.47 Å². The Hall–Kier alpha value is -2.49. The second-order valence-electron chi connectivity index (χ2n) is 7.43. The molecule has 1 aromatic heterocycles. The molecule has 3 heterocycles. The van der Waals surface area contributed by atoms with Gasteiger partial charge in [-0.05, 0) is 17.7 Å². The van der Waals surface area contributed by atoms with E-state index in [9.17, 15) is 13.2 Å². The van der Waals surface area contributed by atoms with Crippen LogP contribution >= 0.6 is 0 Å². The Bertz CT molecular complexity index is 949. The van der Waals surface area contributed by atoms with Gasteiger partial charge in [0.15, 0.2) is 0 Å². The predicted molar refractivity (Wildman–Crippen MR) is 110 cm³/mol. The fourth-order valence-corrected chi connectivity index (χ4v) is 5.59. The lowest BCUT2D eigenvalue weighted by atomic mass is 10.1. The molecule has 2 fully saturated rings. The highest BCUT2D eigenvalue weighted by molar-refractivity contribution is 7.88. The minimum absolute atomic E-state index is 0.130. The van der Waals surface area contributed by atoms with Gasteiger partial charge in [0.1, 0.15) is 17.9 Å². The first-order chi connectivity index (χ1) is 14.5. The molecular formula is C21H25N3O5S. The van der Waals surface area contributed by atoms with Gasteiger partial charge in [0.05, 0.1) is 31.7 Å². The highest BCUT2D eigenvalue weighted by atomic mass is 32.2. The van der Waals surface area contributed by atoms with Crippen LogP contribution in [0.4, 0.5) is 0 Å². The second-order valence-corrected chi connectivity index (χ2v) is 9.35. The molecule has 0 radical (unpaired) electrons. The molecule has 1 aromatic carbocycles. The Morgan fingerprint density at radius 2 is 1.90 bits per heavy atom. The first-order valence-electron chi connectivity index (χ1n) is 9.99. The van der Waals surface area contributed by atoms with Gasteiger partial charge in [0.2, 0.25) is 15.9 Å². The summed E-state index contributed by atoms with van der Waals surface area (Å²) >= 11 is 0. The number of amides is 1. The molecule has 2 aliphatic rings. The van der Waals surface area contributed by atoms with E-state index in [0.717, 1.165) is 0 Å². The fourth-order valence-electron chi connectivity index (χ4n) is 3.86. The van der Waals surface area contributed by atoms with E-state index in [0.29, 0.717) is 44.0 Å². The third kappa shape index (κ3) is 4.80. The molecular weight excluding hydrogens is 406 g/mol. The Balaban J connectivity index is 1.56. The zero-order valence-corrected chi connectivity index (χ0v) is 17.4. The van der Waals surface area contributed by atoms with Gasteiger partial charge in [-0.15, -0.1) is 0 Å². The largest absolute Gasteiger partial charge is 0.487 e. The third-order valence-electron chi connectivity index (χ3n) is 5.31. The summed E-state index contributed by atoms with van der Waals surface area (Å²) in [5.41, 5.74) is 0.687. The molecule has 2 aliphatic heterocycles. The van der Waals surface area contributed by atoms with Crippen molar-refractivity contribution < 1.29 is 22.7 Å². The van der Waals surface area contributed by atoms with Crippen LogP contribution in [0.2, 0.25) is 0 Å². The smallest absolute Gasteiger partial charge is 0.241 e. The standard InChI is InChI=1S/C21H25N3O5S/c25-21(23-9-11-28-12-10-23)20-13-19(29-18-7-4-8-22-14-18)15-24(20)30(26,27)16-17-5-2-1-3-6-17/h1-8,14,19-20H,9-13,15-16H2/t19-,20-/m0/s1. The van der Waals surface area contributed by atoms with E-state index in [1.807, 2.05) is 6.07 Å². The number of benzene rings is 1. The molecule has 2 saturated heterocycles. The lowest BCUT2D eigenvalue weighted by molar-refractivity contribution is -0.138. The maximum Gasteiger partial charge on any atom is 0.241 e. The molecule has 9 heteroatoms. The van der Waals surface area contributed by atoms with Crippen LogP contribution in [0.3, 0.4) is 0 Å². The zero-order chi connectivity index (χ0) is 21.0. The average molecular weight is 432 g/mol. The Morgan fingerprint density at radius 3 is 2.60 bits per heavy atom. The van der Waals surface area contributed by atoms with E-state index in [1.54, 1.807) is 53.7 Å². The maximum atomic E-state index is 13.3. The molecule has 0 unspecified atom stereocenters. The van der Waals surface area contributed by atoms with Crippen molar-refractivity contribution >= 4 is 15.9 Å². The van der Waals surface area contributed by atoms with Crippen molar-refractivity contribution in [3.63, 3.8) is 0 Å². The predicted octanol–water partition coefficient (Wildman–Crippen LogP) is 1.29. The van der Waals surface area contributed by atoms with E-state index < -0.39 is 22.2 Å². The van der Waals surface area contributed by atoms with E-state index in [2.05, 4.69) is 4.98 Å². The summed E-state index contributed by atoms with van der Waals surface area (Å²) in [6, 6.07) is 11.7. The molecule has 2 atom stereocenters. The Labute approximate surface area is 176 Å². The van der Waals surface area contributed by atoms with Crippen molar-refractivity contribution in [3.8, 4) is 5.75 Å². The van der Waals surface area contributed by atoms with Crippen LogP contribution in [-0.2, 0) is 25.3 Å². The number of ether oxygens (including phenoxy) is 2. The molecule has 30 heavy (non-hydrogen) atoms. The molecule has 1 amide bonds. The summed E-state index contributed by atoms with van der Waals surface area (Å²) in [6.07, 6.45) is 3.11. The van der Waals surface area contributed by atoms with Gasteiger partial charge in [0.25, 0.3) is 0 Å². The fraction of sp³-hybridized carbons (Fsp3) is 0.429.